The Hall–Kier alpha value is -0.910. The van der Waals surface area contributed by atoms with Crippen molar-refractivity contribution in [2.75, 3.05) is 13.2 Å². The van der Waals surface area contributed by atoms with Gasteiger partial charge in [-0.1, -0.05) is 0 Å². The van der Waals surface area contributed by atoms with Gasteiger partial charge in [0.25, 0.3) is 5.24 Å². The van der Waals surface area contributed by atoms with E-state index in [-0.39, 0.29) is 13.2 Å². The molecule has 0 aromatic carbocycles. The molecule has 3 nitrogen and oxygen atoms in total. The van der Waals surface area contributed by atoms with Crippen LogP contribution in [0.15, 0.2) is 11.5 Å². The predicted octanol–water partition coefficient (Wildman–Crippen LogP) is 1.57. The van der Waals surface area contributed by atoms with Crippen molar-refractivity contribution in [2.24, 2.45) is 0 Å². The quantitative estimate of drug-likeness (QED) is 0.624. The lowest BCUT2D eigenvalue weighted by Crippen LogP contribution is -2.26. The minimum absolute atomic E-state index is 0.118. The van der Waals surface area contributed by atoms with Gasteiger partial charge >= 0.3 is 6.18 Å². The summed E-state index contributed by atoms with van der Waals surface area (Å²) in [6.07, 6.45) is -4.75. The average molecular weight is 217 g/mol. The van der Waals surface area contributed by atoms with Gasteiger partial charge in [0.2, 0.25) is 11.5 Å². The number of ether oxygens (including phenoxy) is 2. The Morgan fingerprint density at radius 3 is 2.23 bits per heavy atom. The van der Waals surface area contributed by atoms with Gasteiger partial charge in [0.05, 0.1) is 0 Å². The number of carbonyl (C=O) groups is 1. The van der Waals surface area contributed by atoms with Gasteiger partial charge in [0, 0.05) is 0 Å². The normalized spacial score (nSPS) is 17.8. The van der Waals surface area contributed by atoms with E-state index in [0.717, 1.165) is 0 Å². The van der Waals surface area contributed by atoms with Crippen molar-refractivity contribution in [1.82, 2.24) is 0 Å². The van der Waals surface area contributed by atoms with E-state index >= 15 is 0 Å². The predicted molar refractivity (Wildman–Crippen MR) is 35.8 cm³/mol. The van der Waals surface area contributed by atoms with E-state index < -0.39 is 22.9 Å². The number of allylic oxidation sites excluding steroid dienone is 2. The summed E-state index contributed by atoms with van der Waals surface area (Å²) in [4.78, 5) is 10.5. The summed E-state index contributed by atoms with van der Waals surface area (Å²) in [6, 6.07) is 0. The maximum Gasteiger partial charge on any atom is 0.453 e. The number of alkyl halides is 3. The number of rotatable bonds is 1. The van der Waals surface area contributed by atoms with Crippen LogP contribution < -0.4 is 0 Å². The van der Waals surface area contributed by atoms with E-state index in [1.807, 2.05) is 0 Å². The molecule has 0 saturated carbocycles. The van der Waals surface area contributed by atoms with Crippen LogP contribution in [-0.2, 0) is 14.3 Å². The van der Waals surface area contributed by atoms with Gasteiger partial charge in [0.1, 0.15) is 13.2 Å². The molecule has 1 rings (SSSR count). The molecule has 0 amide bonds. The molecular formula is C6H4ClF3O3. The average Bonchev–Trinajstić information content (AvgIpc) is 2.03. The summed E-state index contributed by atoms with van der Waals surface area (Å²) < 4.78 is 44.9. The van der Waals surface area contributed by atoms with Crippen molar-refractivity contribution in [3.63, 3.8) is 0 Å². The molecule has 7 heteroatoms. The molecule has 0 aromatic heterocycles. The van der Waals surface area contributed by atoms with Crippen LogP contribution in [-0.4, -0.2) is 24.6 Å². The molecule has 0 spiro atoms. The molecule has 1 heterocycles. The van der Waals surface area contributed by atoms with Crippen molar-refractivity contribution < 1.29 is 27.4 Å². The zero-order valence-corrected chi connectivity index (χ0v) is 6.91. The molecule has 74 valence electrons. The number of hydrogen-bond donors (Lipinski definition) is 0. The van der Waals surface area contributed by atoms with Crippen molar-refractivity contribution in [3.8, 4) is 0 Å². The Morgan fingerprint density at radius 2 is 1.85 bits per heavy atom. The summed E-state index contributed by atoms with van der Waals surface area (Å²) in [5.41, 5.74) is 0. The van der Waals surface area contributed by atoms with E-state index in [2.05, 4.69) is 9.47 Å². The Kier molecular flexibility index (Phi) is 2.70. The lowest BCUT2D eigenvalue weighted by atomic mass is 10.4. The molecule has 0 N–H and O–H groups in total. The number of hydrogen-bond acceptors (Lipinski definition) is 3. The van der Waals surface area contributed by atoms with Crippen LogP contribution in [0, 0.1) is 0 Å². The summed E-state index contributed by atoms with van der Waals surface area (Å²) >= 11 is 4.86. The molecule has 0 fully saturated rings. The maximum absolute atomic E-state index is 12.1. The topological polar surface area (TPSA) is 35.5 Å². The van der Waals surface area contributed by atoms with E-state index in [9.17, 15) is 18.0 Å². The third kappa shape index (κ3) is 2.27. The number of carbonyl (C=O) groups excluding carboxylic acids is 1. The minimum Gasteiger partial charge on any atom is -0.483 e. The van der Waals surface area contributed by atoms with Gasteiger partial charge in [-0.05, 0) is 11.6 Å². The van der Waals surface area contributed by atoms with Crippen LogP contribution in [0.2, 0.25) is 0 Å². The fourth-order valence-electron chi connectivity index (χ4n) is 0.775. The highest BCUT2D eigenvalue weighted by Gasteiger charge is 2.43. The highest BCUT2D eigenvalue weighted by Crippen LogP contribution is 2.32. The zero-order valence-electron chi connectivity index (χ0n) is 6.15. The Bertz CT molecular complexity index is 258. The summed E-state index contributed by atoms with van der Waals surface area (Å²) in [7, 11) is 0. The molecular weight excluding hydrogens is 213 g/mol. The van der Waals surface area contributed by atoms with Gasteiger partial charge in [-0.3, -0.25) is 4.79 Å². The first-order chi connectivity index (χ1) is 5.93. The molecule has 0 saturated heterocycles. The Morgan fingerprint density at radius 1 is 1.31 bits per heavy atom. The van der Waals surface area contributed by atoms with Gasteiger partial charge in [-0.2, -0.15) is 13.2 Å². The largest absolute Gasteiger partial charge is 0.483 e. The Labute approximate surface area is 76.1 Å². The van der Waals surface area contributed by atoms with Gasteiger partial charge in [0.15, 0.2) is 0 Å². The lowest BCUT2D eigenvalue weighted by molar-refractivity contribution is -0.150. The van der Waals surface area contributed by atoms with E-state index in [1.54, 1.807) is 0 Å². The molecule has 13 heavy (non-hydrogen) atoms. The SMILES string of the molecule is O=C(Cl)C1=C(C(F)(F)F)OCCO1. The standard InChI is InChI=1S/C6H4ClF3O3/c7-5(11)3-4(6(8,9)10)13-2-1-12-3/h1-2H2. The molecule has 0 atom stereocenters. The van der Waals surface area contributed by atoms with Crippen LogP contribution in [0.1, 0.15) is 0 Å². The smallest absolute Gasteiger partial charge is 0.453 e. The molecule has 1 aliphatic rings. The van der Waals surface area contributed by atoms with Crippen LogP contribution in [0.4, 0.5) is 13.2 Å². The van der Waals surface area contributed by atoms with Crippen molar-refractivity contribution in [3.05, 3.63) is 11.5 Å². The third-order valence-corrected chi connectivity index (χ3v) is 1.39. The van der Waals surface area contributed by atoms with Crippen LogP contribution >= 0.6 is 11.6 Å². The highest BCUT2D eigenvalue weighted by atomic mass is 35.5. The van der Waals surface area contributed by atoms with Crippen LogP contribution in [0.3, 0.4) is 0 Å². The molecule has 0 aromatic rings. The molecule has 0 bridgehead atoms. The Balaban J connectivity index is 3.04. The molecule has 0 unspecified atom stereocenters. The van der Waals surface area contributed by atoms with Gasteiger partial charge < -0.3 is 9.47 Å². The lowest BCUT2D eigenvalue weighted by Gasteiger charge is -2.21. The number of halogens is 4. The minimum atomic E-state index is -4.75. The van der Waals surface area contributed by atoms with Gasteiger partial charge in [-0.25, -0.2) is 0 Å². The first-order valence-electron chi connectivity index (χ1n) is 3.20. The van der Waals surface area contributed by atoms with Crippen LogP contribution in [0.25, 0.3) is 0 Å². The third-order valence-electron chi connectivity index (χ3n) is 1.22. The fourth-order valence-corrected chi connectivity index (χ4v) is 0.915. The monoisotopic (exact) mass is 216 g/mol. The van der Waals surface area contributed by atoms with Crippen LogP contribution in [0.5, 0.6) is 0 Å². The second-order valence-corrected chi connectivity index (χ2v) is 2.47. The van der Waals surface area contributed by atoms with Crippen molar-refractivity contribution >= 4 is 16.8 Å². The van der Waals surface area contributed by atoms with Crippen molar-refractivity contribution in [2.45, 2.75) is 6.18 Å². The van der Waals surface area contributed by atoms with E-state index in [4.69, 9.17) is 11.6 Å². The van der Waals surface area contributed by atoms with E-state index in [1.165, 1.54) is 0 Å². The van der Waals surface area contributed by atoms with Gasteiger partial charge in [-0.15, -0.1) is 0 Å². The maximum atomic E-state index is 12.1. The first kappa shape index (κ1) is 10.2. The fraction of sp³-hybridized carbons (Fsp3) is 0.500. The van der Waals surface area contributed by atoms with E-state index in [0.29, 0.717) is 0 Å². The zero-order chi connectivity index (χ0) is 10.1. The second-order valence-electron chi connectivity index (χ2n) is 2.13. The van der Waals surface area contributed by atoms with Crippen molar-refractivity contribution in [1.29, 1.82) is 0 Å². The first-order valence-corrected chi connectivity index (χ1v) is 3.57. The summed E-state index contributed by atoms with van der Waals surface area (Å²) in [6.45, 7) is -0.365. The summed E-state index contributed by atoms with van der Waals surface area (Å²) in [5.74, 6) is -2.43. The highest BCUT2D eigenvalue weighted by molar-refractivity contribution is 6.67. The molecule has 1 aliphatic heterocycles. The molecule has 0 aliphatic carbocycles. The second kappa shape index (κ2) is 3.45. The summed E-state index contributed by atoms with van der Waals surface area (Å²) in [5, 5.41) is -1.31. The molecule has 0 radical (unpaired) electrons.